The van der Waals surface area contributed by atoms with Crippen LogP contribution in [0, 0.1) is 5.92 Å². The molecule has 0 aliphatic heterocycles. The maximum atomic E-state index is 10.6. The van der Waals surface area contributed by atoms with Gasteiger partial charge < -0.3 is 10.4 Å². The fraction of sp³-hybridized carbons (Fsp3) is 0.467. The van der Waals surface area contributed by atoms with Crippen LogP contribution in [-0.4, -0.2) is 22.6 Å². The lowest BCUT2D eigenvalue weighted by Gasteiger charge is -2.13. The summed E-state index contributed by atoms with van der Waals surface area (Å²) in [5.74, 6) is -0.240. The highest BCUT2D eigenvalue weighted by Crippen LogP contribution is 2.25. The summed E-state index contributed by atoms with van der Waals surface area (Å²) in [6, 6.07) is 8.09. The van der Waals surface area contributed by atoms with Crippen LogP contribution in [0.25, 0.3) is 10.2 Å². The Kier molecular flexibility index (Phi) is 5.35. The third-order valence-corrected chi connectivity index (χ3v) is 4.46. The molecule has 1 heterocycles. The number of benzene rings is 1. The lowest BCUT2D eigenvalue weighted by molar-refractivity contribution is -0.137. The molecule has 0 saturated heterocycles. The number of anilines is 1. The van der Waals surface area contributed by atoms with Gasteiger partial charge in [-0.3, -0.25) is 4.79 Å². The number of carboxylic acid groups (broad SMARTS) is 1. The molecule has 0 fully saturated rings. The van der Waals surface area contributed by atoms with Crippen LogP contribution in [-0.2, 0) is 4.79 Å². The van der Waals surface area contributed by atoms with Crippen LogP contribution in [0.2, 0.25) is 0 Å². The van der Waals surface area contributed by atoms with E-state index in [9.17, 15) is 4.79 Å². The van der Waals surface area contributed by atoms with Crippen LogP contribution >= 0.6 is 11.3 Å². The van der Waals surface area contributed by atoms with Crippen molar-refractivity contribution in [3.05, 3.63) is 24.3 Å². The van der Waals surface area contributed by atoms with E-state index in [1.54, 1.807) is 11.3 Å². The van der Waals surface area contributed by atoms with E-state index in [-0.39, 0.29) is 6.42 Å². The molecule has 1 aromatic carbocycles. The number of aromatic nitrogens is 1. The largest absolute Gasteiger partial charge is 0.481 e. The number of fused-ring (bicyclic) bond motifs is 1. The molecule has 2 N–H and O–H groups in total. The van der Waals surface area contributed by atoms with Crippen molar-refractivity contribution in [1.29, 1.82) is 0 Å². The molecule has 1 atom stereocenters. The number of nitrogens with zero attached hydrogens (tertiary/aromatic N) is 1. The summed E-state index contributed by atoms with van der Waals surface area (Å²) in [4.78, 5) is 15.1. The van der Waals surface area contributed by atoms with Crippen molar-refractivity contribution in [1.82, 2.24) is 4.98 Å². The quantitative estimate of drug-likeness (QED) is 0.772. The summed E-state index contributed by atoms with van der Waals surface area (Å²) in [7, 11) is 0. The Morgan fingerprint density at radius 3 is 2.90 bits per heavy atom. The average molecular weight is 292 g/mol. The fourth-order valence-electron chi connectivity index (χ4n) is 2.21. The summed E-state index contributed by atoms with van der Waals surface area (Å²) < 4.78 is 1.19. The summed E-state index contributed by atoms with van der Waals surface area (Å²) in [5, 5.41) is 13.0. The molecule has 2 rings (SSSR count). The van der Waals surface area contributed by atoms with E-state index in [0.717, 1.165) is 36.5 Å². The SMILES string of the molecule is CCC(CCNc1nc2ccccc2s1)CCC(=O)O. The first-order chi connectivity index (χ1) is 9.69. The molecule has 108 valence electrons. The van der Waals surface area contributed by atoms with Gasteiger partial charge in [0.05, 0.1) is 10.2 Å². The normalized spacial score (nSPS) is 12.4. The van der Waals surface area contributed by atoms with Gasteiger partial charge in [-0.2, -0.15) is 0 Å². The first kappa shape index (κ1) is 14.8. The van der Waals surface area contributed by atoms with Gasteiger partial charge in [0.25, 0.3) is 0 Å². The van der Waals surface area contributed by atoms with Gasteiger partial charge in [-0.05, 0) is 30.9 Å². The Labute approximate surface area is 122 Å². The van der Waals surface area contributed by atoms with Gasteiger partial charge in [0.2, 0.25) is 0 Å². The van der Waals surface area contributed by atoms with Crippen molar-refractivity contribution < 1.29 is 9.90 Å². The summed E-state index contributed by atoms with van der Waals surface area (Å²) >= 11 is 1.66. The number of nitrogens with one attached hydrogen (secondary N) is 1. The smallest absolute Gasteiger partial charge is 0.303 e. The average Bonchev–Trinajstić information content (AvgIpc) is 2.85. The van der Waals surface area contributed by atoms with E-state index in [1.807, 2.05) is 18.2 Å². The number of para-hydroxylation sites is 1. The first-order valence-corrected chi connectivity index (χ1v) is 7.82. The molecule has 1 aromatic heterocycles. The second-order valence-electron chi connectivity index (χ2n) is 4.91. The zero-order valence-electron chi connectivity index (χ0n) is 11.6. The lowest BCUT2D eigenvalue weighted by atomic mass is 9.97. The second-order valence-corrected chi connectivity index (χ2v) is 5.94. The topological polar surface area (TPSA) is 62.2 Å². The van der Waals surface area contributed by atoms with Gasteiger partial charge in [-0.1, -0.05) is 36.8 Å². The third-order valence-electron chi connectivity index (χ3n) is 3.47. The van der Waals surface area contributed by atoms with E-state index >= 15 is 0 Å². The van der Waals surface area contributed by atoms with Crippen molar-refractivity contribution in [2.24, 2.45) is 5.92 Å². The Morgan fingerprint density at radius 2 is 2.20 bits per heavy atom. The van der Waals surface area contributed by atoms with Gasteiger partial charge in [-0.25, -0.2) is 4.98 Å². The van der Waals surface area contributed by atoms with Crippen LogP contribution < -0.4 is 5.32 Å². The minimum Gasteiger partial charge on any atom is -0.481 e. The molecule has 0 saturated carbocycles. The number of rotatable bonds is 8. The number of hydrogen-bond donors (Lipinski definition) is 2. The van der Waals surface area contributed by atoms with Crippen molar-refractivity contribution in [2.45, 2.75) is 32.6 Å². The molecule has 2 aromatic rings. The van der Waals surface area contributed by atoms with E-state index in [1.165, 1.54) is 4.70 Å². The van der Waals surface area contributed by atoms with E-state index in [2.05, 4.69) is 23.3 Å². The third kappa shape index (κ3) is 4.20. The highest BCUT2D eigenvalue weighted by molar-refractivity contribution is 7.22. The van der Waals surface area contributed by atoms with Gasteiger partial charge in [0, 0.05) is 13.0 Å². The molecule has 1 unspecified atom stereocenters. The van der Waals surface area contributed by atoms with Gasteiger partial charge in [-0.15, -0.1) is 0 Å². The number of thiazole rings is 1. The zero-order chi connectivity index (χ0) is 14.4. The highest BCUT2D eigenvalue weighted by atomic mass is 32.1. The maximum absolute atomic E-state index is 10.6. The van der Waals surface area contributed by atoms with Crippen LogP contribution in [0.5, 0.6) is 0 Å². The molecule has 20 heavy (non-hydrogen) atoms. The second kappa shape index (κ2) is 7.24. The lowest BCUT2D eigenvalue weighted by Crippen LogP contribution is -2.10. The summed E-state index contributed by atoms with van der Waals surface area (Å²) in [6.45, 7) is 2.96. The molecule has 0 spiro atoms. The predicted molar refractivity (Wildman–Crippen MR) is 83.4 cm³/mol. The van der Waals surface area contributed by atoms with E-state index < -0.39 is 5.97 Å². The van der Waals surface area contributed by atoms with Gasteiger partial charge >= 0.3 is 5.97 Å². The fourth-order valence-corrected chi connectivity index (χ4v) is 3.10. The zero-order valence-corrected chi connectivity index (χ0v) is 12.4. The maximum Gasteiger partial charge on any atom is 0.303 e. The standard InChI is InChI=1S/C15H20N2O2S/c1-2-11(7-8-14(18)19)9-10-16-15-17-12-5-3-4-6-13(12)20-15/h3-6,11H,2,7-10H2,1H3,(H,16,17)(H,18,19). The minimum absolute atomic E-state index is 0.264. The molecule has 0 radical (unpaired) electrons. The minimum atomic E-state index is -0.706. The van der Waals surface area contributed by atoms with Crippen molar-refractivity contribution in [2.75, 3.05) is 11.9 Å². The van der Waals surface area contributed by atoms with Crippen molar-refractivity contribution in [3.8, 4) is 0 Å². The first-order valence-electron chi connectivity index (χ1n) is 7.00. The molecule has 5 heteroatoms. The molecular weight excluding hydrogens is 272 g/mol. The van der Waals surface area contributed by atoms with Crippen molar-refractivity contribution in [3.63, 3.8) is 0 Å². The number of carboxylic acids is 1. The van der Waals surface area contributed by atoms with Crippen molar-refractivity contribution >= 4 is 32.7 Å². The monoisotopic (exact) mass is 292 g/mol. The molecule has 4 nitrogen and oxygen atoms in total. The van der Waals surface area contributed by atoms with Crippen LogP contribution in [0.4, 0.5) is 5.13 Å². The Morgan fingerprint density at radius 1 is 1.40 bits per heavy atom. The van der Waals surface area contributed by atoms with Crippen LogP contribution in [0.3, 0.4) is 0 Å². The van der Waals surface area contributed by atoms with E-state index in [0.29, 0.717) is 5.92 Å². The molecule has 0 aliphatic rings. The molecule has 0 bridgehead atoms. The summed E-state index contributed by atoms with van der Waals surface area (Å²) in [6.07, 6.45) is 3.03. The van der Waals surface area contributed by atoms with Crippen LogP contribution in [0.15, 0.2) is 24.3 Å². The Bertz CT molecular complexity index is 535. The Hall–Kier alpha value is -1.62. The van der Waals surface area contributed by atoms with Gasteiger partial charge in [0.1, 0.15) is 0 Å². The summed E-state index contributed by atoms with van der Waals surface area (Å²) in [5.41, 5.74) is 1.03. The molecular formula is C15H20N2O2S. The molecule has 0 amide bonds. The molecule has 0 aliphatic carbocycles. The number of carbonyl (C=O) groups is 1. The number of aliphatic carboxylic acids is 1. The highest BCUT2D eigenvalue weighted by Gasteiger charge is 2.09. The number of hydrogen-bond acceptors (Lipinski definition) is 4. The predicted octanol–water partition coefficient (Wildman–Crippen LogP) is 3.99. The Balaban J connectivity index is 1.80. The van der Waals surface area contributed by atoms with E-state index in [4.69, 9.17) is 5.11 Å². The van der Waals surface area contributed by atoms with Crippen LogP contribution in [0.1, 0.15) is 32.6 Å². The van der Waals surface area contributed by atoms with Gasteiger partial charge in [0.15, 0.2) is 5.13 Å².